The molecule has 2 N–H and O–H groups in total. The fourth-order valence-corrected chi connectivity index (χ4v) is 3.07. The van der Waals surface area contributed by atoms with Crippen LogP contribution in [0.25, 0.3) is 0 Å². The van der Waals surface area contributed by atoms with Crippen molar-refractivity contribution in [2.75, 3.05) is 32.5 Å². The Kier molecular flexibility index (Phi) is 5.37. The molecule has 1 saturated heterocycles. The maximum atomic E-state index is 12.6. The Morgan fingerprint density at radius 1 is 1.33 bits per heavy atom. The van der Waals surface area contributed by atoms with E-state index in [1.807, 2.05) is 12.1 Å². The first-order chi connectivity index (χ1) is 10.1. The molecule has 1 heterocycles. The Morgan fingerprint density at radius 3 is 2.57 bits per heavy atom. The van der Waals surface area contributed by atoms with E-state index in [0.29, 0.717) is 0 Å². The second-order valence-corrected chi connectivity index (χ2v) is 6.35. The van der Waals surface area contributed by atoms with Gasteiger partial charge in [-0.05, 0) is 51.2 Å². The number of hydrogen-bond acceptors (Lipinski definition) is 3. The van der Waals surface area contributed by atoms with Gasteiger partial charge in [0.2, 0.25) is 5.91 Å². The minimum absolute atomic E-state index is 0.162. The molecule has 4 heteroatoms. The lowest BCUT2D eigenvalue weighted by molar-refractivity contribution is -0.125. The van der Waals surface area contributed by atoms with E-state index < -0.39 is 0 Å². The summed E-state index contributed by atoms with van der Waals surface area (Å²) < 4.78 is 0. The van der Waals surface area contributed by atoms with Crippen LogP contribution in [0, 0.1) is 5.41 Å². The summed E-state index contributed by atoms with van der Waals surface area (Å²) in [4.78, 5) is 14.8. The van der Waals surface area contributed by atoms with E-state index in [1.54, 1.807) is 0 Å². The third kappa shape index (κ3) is 4.05. The Balaban J connectivity index is 2.01. The first-order valence-electron chi connectivity index (χ1n) is 7.81. The molecule has 1 fully saturated rings. The van der Waals surface area contributed by atoms with E-state index in [9.17, 15) is 4.79 Å². The molecule has 1 aliphatic heterocycles. The van der Waals surface area contributed by atoms with Gasteiger partial charge in [0.25, 0.3) is 0 Å². The summed E-state index contributed by atoms with van der Waals surface area (Å²) in [7, 11) is 4.11. The lowest BCUT2D eigenvalue weighted by Gasteiger charge is -2.26. The zero-order valence-electron chi connectivity index (χ0n) is 13.4. The number of amides is 1. The van der Waals surface area contributed by atoms with Crippen LogP contribution in [0.4, 0.5) is 5.69 Å². The van der Waals surface area contributed by atoms with Crippen molar-refractivity contribution in [2.24, 2.45) is 5.41 Å². The molecule has 0 saturated carbocycles. The average molecular weight is 289 g/mol. The van der Waals surface area contributed by atoms with E-state index in [-0.39, 0.29) is 11.3 Å². The van der Waals surface area contributed by atoms with Gasteiger partial charge in [-0.15, -0.1) is 0 Å². The maximum Gasteiger partial charge on any atom is 0.231 e. The molecule has 1 atom stereocenters. The number of rotatable bonds is 6. The number of carbonyl (C=O) groups is 1. The van der Waals surface area contributed by atoms with Crippen molar-refractivity contribution in [3.05, 3.63) is 29.8 Å². The summed E-state index contributed by atoms with van der Waals surface area (Å²) in [6, 6.07) is 8.15. The lowest BCUT2D eigenvalue weighted by Crippen LogP contribution is -2.38. The maximum absolute atomic E-state index is 12.6. The molecular formula is C17H27N3O. The number of anilines is 1. The summed E-state index contributed by atoms with van der Waals surface area (Å²) in [6.07, 6.45) is 2.92. The molecule has 0 aliphatic carbocycles. The van der Waals surface area contributed by atoms with Crippen molar-refractivity contribution >= 4 is 11.6 Å². The van der Waals surface area contributed by atoms with Gasteiger partial charge < -0.3 is 15.5 Å². The normalized spacial score (nSPS) is 21.7. The van der Waals surface area contributed by atoms with Gasteiger partial charge in [0.1, 0.15) is 0 Å². The molecular weight excluding hydrogens is 262 g/mol. The Labute approximate surface area is 127 Å². The van der Waals surface area contributed by atoms with Gasteiger partial charge in [0.15, 0.2) is 0 Å². The molecule has 0 aromatic heterocycles. The largest absolute Gasteiger partial charge is 0.326 e. The lowest BCUT2D eigenvalue weighted by atomic mass is 9.81. The Hall–Kier alpha value is -1.39. The number of nitrogens with one attached hydrogen (secondary N) is 2. The van der Waals surface area contributed by atoms with Crippen LogP contribution in [0.15, 0.2) is 24.3 Å². The van der Waals surface area contributed by atoms with Crippen molar-refractivity contribution < 1.29 is 4.79 Å². The van der Waals surface area contributed by atoms with Crippen molar-refractivity contribution in [3.63, 3.8) is 0 Å². The highest BCUT2D eigenvalue weighted by Gasteiger charge is 2.40. The van der Waals surface area contributed by atoms with Crippen LogP contribution < -0.4 is 10.6 Å². The van der Waals surface area contributed by atoms with Gasteiger partial charge in [-0.1, -0.05) is 25.5 Å². The minimum Gasteiger partial charge on any atom is -0.326 e. The van der Waals surface area contributed by atoms with Crippen molar-refractivity contribution in [1.29, 1.82) is 0 Å². The quantitative estimate of drug-likeness (QED) is 0.845. The van der Waals surface area contributed by atoms with E-state index in [1.165, 1.54) is 5.56 Å². The van der Waals surface area contributed by atoms with Crippen molar-refractivity contribution in [2.45, 2.75) is 32.7 Å². The second kappa shape index (κ2) is 7.05. The van der Waals surface area contributed by atoms with Crippen LogP contribution in [-0.2, 0) is 11.3 Å². The number of carbonyl (C=O) groups excluding carboxylic acids is 1. The Morgan fingerprint density at radius 2 is 2.05 bits per heavy atom. The number of benzene rings is 1. The zero-order valence-corrected chi connectivity index (χ0v) is 13.4. The molecule has 4 nitrogen and oxygen atoms in total. The molecule has 116 valence electrons. The van der Waals surface area contributed by atoms with Crippen LogP contribution in [0.5, 0.6) is 0 Å². The molecule has 1 aliphatic rings. The third-order valence-electron chi connectivity index (χ3n) is 4.16. The highest BCUT2D eigenvalue weighted by molar-refractivity contribution is 5.95. The minimum atomic E-state index is -0.225. The molecule has 1 aromatic rings. The standard InChI is InChI=1S/C17H27N3O/c1-4-9-17(10-11-18-13-17)16(21)19-15-7-5-14(6-8-15)12-20(2)3/h5-8,18H,4,9-13H2,1-3H3,(H,19,21). The van der Waals surface area contributed by atoms with E-state index >= 15 is 0 Å². The van der Waals surface area contributed by atoms with Crippen LogP contribution in [0.2, 0.25) is 0 Å². The number of nitrogens with zero attached hydrogens (tertiary/aromatic N) is 1. The predicted molar refractivity (Wildman–Crippen MR) is 87.3 cm³/mol. The van der Waals surface area contributed by atoms with E-state index in [0.717, 1.165) is 44.6 Å². The van der Waals surface area contributed by atoms with Crippen molar-refractivity contribution in [1.82, 2.24) is 10.2 Å². The average Bonchev–Trinajstić information content (AvgIpc) is 2.91. The summed E-state index contributed by atoms with van der Waals surface area (Å²) in [5.74, 6) is 0.162. The topological polar surface area (TPSA) is 44.4 Å². The monoisotopic (exact) mass is 289 g/mol. The summed E-state index contributed by atoms with van der Waals surface area (Å²) in [5, 5.41) is 6.43. The Bertz CT molecular complexity index is 461. The predicted octanol–water partition coefficient (Wildman–Crippen LogP) is 2.47. The summed E-state index contributed by atoms with van der Waals surface area (Å²) in [6.45, 7) is 4.79. The fourth-order valence-electron chi connectivity index (χ4n) is 3.07. The molecule has 1 amide bonds. The molecule has 0 bridgehead atoms. The van der Waals surface area contributed by atoms with E-state index in [2.05, 4.69) is 48.7 Å². The van der Waals surface area contributed by atoms with Crippen LogP contribution in [0.3, 0.4) is 0 Å². The van der Waals surface area contributed by atoms with Crippen LogP contribution in [0.1, 0.15) is 31.7 Å². The van der Waals surface area contributed by atoms with Gasteiger partial charge in [0, 0.05) is 18.8 Å². The SMILES string of the molecule is CCCC1(C(=O)Nc2ccc(CN(C)C)cc2)CCNC1. The molecule has 2 rings (SSSR count). The van der Waals surface area contributed by atoms with Gasteiger partial charge in [0.05, 0.1) is 5.41 Å². The molecule has 21 heavy (non-hydrogen) atoms. The first kappa shape index (κ1) is 16.0. The molecule has 1 aromatic carbocycles. The number of hydrogen-bond donors (Lipinski definition) is 2. The fraction of sp³-hybridized carbons (Fsp3) is 0.588. The highest BCUT2D eigenvalue weighted by Crippen LogP contribution is 2.32. The van der Waals surface area contributed by atoms with Gasteiger partial charge >= 0.3 is 0 Å². The third-order valence-corrected chi connectivity index (χ3v) is 4.16. The highest BCUT2D eigenvalue weighted by atomic mass is 16.2. The molecule has 0 spiro atoms. The van der Waals surface area contributed by atoms with E-state index in [4.69, 9.17) is 0 Å². The smallest absolute Gasteiger partial charge is 0.231 e. The van der Waals surface area contributed by atoms with Gasteiger partial charge in [-0.2, -0.15) is 0 Å². The van der Waals surface area contributed by atoms with Crippen molar-refractivity contribution in [3.8, 4) is 0 Å². The van der Waals surface area contributed by atoms with Crippen LogP contribution in [-0.4, -0.2) is 38.0 Å². The van der Waals surface area contributed by atoms with Gasteiger partial charge in [-0.25, -0.2) is 0 Å². The molecule has 0 radical (unpaired) electrons. The molecule has 1 unspecified atom stereocenters. The summed E-state index contributed by atoms with van der Waals surface area (Å²) >= 11 is 0. The second-order valence-electron chi connectivity index (χ2n) is 6.35. The zero-order chi connectivity index (χ0) is 15.3. The van der Waals surface area contributed by atoms with Gasteiger partial charge in [-0.3, -0.25) is 4.79 Å². The summed E-state index contributed by atoms with van der Waals surface area (Å²) in [5.41, 5.74) is 1.92. The first-order valence-corrected chi connectivity index (χ1v) is 7.81. The van der Waals surface area contributed by atoms with Crippen LogP contribution >= 0.6 is 0 Å².